The molecule has 1 amide bonds. The van der Waals surface area contributed by atoms with Gasteiger partial charge in [0, 0.05) is 6.54 Å². The molecule has 3 rings (SSSR count). The fraction of sp³-hybridized carbons (Fsp3) is 0.529. The molecule has 4 heteroatoms. The zero-order chi connectivity index (χ0) is 15.0. The largest absolute Gasteiger partial charge is 0.481 e. The van der Waals surface area contributed by atoms with E-state index in [0.717, 1.165) is 19.4 Å². The van der Waals surface area contributed by atoms with Crippen LogP contribution in [0.4, 0.5) is 0 Å². The summed E-state index contributed by atoms with van der Waals surface area (Å²) in [4.78, 5) is 25.8. The second-order valence-corrected chi connectivity index (χ2v) is 6.17. The third kappa shape index (κ3) is 2.43. The van der Waals surface area contributed by atoms with E-state index in [4.69, 9.17) is 5.11 Å². The molecular formula is C17H21NO3. The van der Waals surface area contributed by atoms with Gasteiger partial charge >= 0.3 is 5.97 Å². The van der Waals surface area contributed by atoms with Gasteiger partial charge in [0.2, 0.25) is 5.91 Å². The van der Waals surface area contributed by atoms with Crippen molar-refractivity contribution in [1.82, 2.24) is 4.90 Å². The van der Waals surface area contributed by atoms with Crippen LogP contribution in [0.3, 0.4) is 0 Å². The number of hydrogen-bond donors (Lipinski definition) is 1. The summed E-state index contributed by atoms with van der Waals surface area (Å²) in [5.41, 5.74) is 2.40. The van der Waals surface area contributed by atoms with Crippen molar-refractivity contribution in [2.45, 2.75) is 38.6 Å². The standard InChI is InChI=1S/C17H21NO3/c1-11-5-2-3-6-12(11)15-7-4-10-18(15)16(19)13-8-9-14(13)17(20)21/h2-3,5-6,13-15H,4,7-10H2,1H3,(H,20,21). The van der Waals surface area contributed by atoms with Crippen LogP contribution in [0.15, 0.2) is 24.3 Å². The Kier molecular flexibility index (Phi) is 3.70. The summed E-state index contributed by atoms with van der Waals surface area (Å²) in [5.74, 6) is -1.58. The van der Waals surface area contributed by atoms with Gasteiger partial charge in [0.05, 0.1) is 17.9 Å². The molecular weight excluding hydrogens is 266 g/mol. The minimum absolute atomic E-state index is 0.0411. The van der Waals surface area contributed by atoms with Gasteiger partial charge in [-0.3, -0.25) is 9.59 Å². The van der Waals surface area contributed by atoms with Crippen LogP contribution in [-0.4, -0.2) is 28.4 Å². The number of aliphatic carboxylic acids is 1. The fourth-order valence-corrected chi connectivity index (χ4v) is 3.62. The highest BCUT2D eigenvalue weighted by Crippen LogP contribution is 2.41. The van der Waals surface area contributed by atoms with Gasteiger partial charge in [-0.15, -0.1) is 0 Å². The molecule has 4 nitrogen and oxygen atoms in total. The number of aryl methyl sites for hydroxylation is 1. The Bertz CT molecular complexity index is 569. The maximum absolute atomic E-state index is 12.7. The molecule has 1 aromatic rings. The molecule has 1 N–H and O–H groups in total. The van der Waals surface area contributed by atoms with Gasteiger partial charge in [-0.1, -0.05) is 24.3 Å². The van der Waals surface area contributed by atoms with Crippen molar-refractivity contribution in [2.24, 2.45) is 11.8 Å². The van der Waals surface area contributed by atoms with E-state index in [9.17, 15) is 9.59 Å². The predicted octanol–water partition coefficient (Wildman–Crippen LogP) is 2.77. The van der Waals surface area contributed by atoms with Crippen molar-refractivity contribution in [3.05, 3.63) is 35.4 Å². The Morgan fingerprint density at radius 1 is 1.14 bits per heavy atom. The van der Waals surface area contributed by atoms with E-state index in [2.05, 4.69) is 19.1 Å². The van der Waals surface area contributed by atoms with E-state index in [1.807, 2.05) is 17.0 Å². The molecule has 1 saturated heterocycles. The lowest BCUT2D eigenvalue weighted by atomic mass is 9.72. The van der Waals surface area contributed by atoms with Gasteiger partial charge in [0.15, 0.2) is 0 Å². The van der Waals surface area contributed by atoms with E-state index >= 15 is 0 Å². The Morgan fingerprint density at radius 3 is 2.48 bits per heavy atom. The molecule has 1 aliphatic heterocycles. The molecule has 0 bridgehead atoms. The molecule has 0 aromatic heterocycles. The Hall–Kier alpha value is -1.84. The summed E-state index contributed by atoms with van der Waals surface area (Å²) in [6.45, 7) is 2.82. The quantitative estimate of drug-likeness (QED) is 0.930. The molecule has 1 aliphatic carbocycles. The normalized spacial score (nSPS) is 28.2. The smallest absolute Gasteiger partial charge is 0.307 e. The number of carboxylic acid groups (broad SMARTS) is 1. The number of amides is 1. The lowest BCUT2D eigenvalue weighted by molar-refractivity contribution is -0.157. The SMILES string of the molecule is Cc1ccccc1C1CCCN1C(=O)C1CCC1C(=O)O. The Labute approximate surface area is 124 Å². The minimum atomic E-state index is -0.828. The van der Waals surface area contributed by atoms with Crippen LogP contribution < -0.4 is 0 Å². The van der Waals surface area contributed by atoms with Crippen LogP contribution in [0.1, 0.15) is 42.9 Å². The monoisotopic (exact) mass is 287 g/mol. The van der Waals surface area contributed by atoms with Crippen molar-refractivity contribution < 1.29 is 14.7 Å². The van der Waals surface area contributed by atoms with Crippen LogP contribution in [0.2, 0.25) is 0 Å². The first-order valence-corrected chi connectivity index (χ1v) is 7.68. The summed E-state index contributed by atoms with van der Waals surface area (Å²) >= 11 is 0. The van der Waals surface area contributed by atoms with Crippen molar-refractivity contribution in [3.63, 3.8) is 0 Å². The summed E-state index contributed by atoms with van der Waals surface area (Å²) in [6.07, 6.45) is 3.32. The molecule has 3 unspecified atom stereocenters. The average Bonchev–Trinajstić information content (AvgIpc) is 2.86. The topological polar surface area (TPSA) is 57.6 Å². The van der Waals surface area contributed by atoms with Crippen molar-refractivity contribution in [1.29, 1.82) is 0 Å². The maximum Gasteiger partial charge on any atom is 0.307 e. The first kappa shape index (κ1) is 14.1. The fourth-order valence-electron chi connectivity index (χ4n) is 3.62. The summed E-state index contributed by atoms with van der Waals surface area (Å²) in [6, 6.07) is 8.29. The van der Waals surface area contributed by atoms with Gasteiger partial charge in [0.1, 0.15) is 0 Å². The highest BCUT2D eigenvalue weighted by atomic mass is 16.4. The van der Waals surface area contributed by atoms with E-state index < -0.39 is 11.9 Å². The van der Waals surface area contributed by atoms with Gasteiger partial charge in [-0.05, 0) is 43.7 Å². The van der Waals surface area contributed by atoms with E-state index in [1.54, 1.807) is 0 Å². The summed E-state index contributed by atoms with van der Waals surface area (Å²) in [7, 11) is 0. The number of hydrogen-bond acceptors (Lipinski definition) is 2. The van der Waals surface area contributed by atoms with Gasteiger partial charge in [-0.2, -0.15) is 0 Å². The van der Waals surface area contributed by atoms with Crippen LogP contribution in [-0.2, 0) is 9.59 Å². The van der Waals surface area contributed by atoms with Crippen LogP contribution in [0, 0.1) is 18.8 Å². The minimum Gasteiger partial charge on any atom is -0.481 e. The highest BCUT2D eigenvalue weighted by Gasteiger charge is 2.45. The van der Waals surface area contributed by atoms with Crippen LogP contribution >= 0.6 is 0 Å². The molecule has 1 aromatic carbocycles. The number of rotatable bonds is 3. The zero-order valence-corrected chi connectivity index (χ0v) is 12.3. The number of benzene rings is 1. The van der Waals surface area contributed by atoms with Crippen molar-refractivity contribution in [2.75, 3.05) is 6.54 Å². The molecule has 1 saturated carbocycles. The van der Waals surface area contributed by atoms with Crippen molar-refractivity contribution in [3.8, 4) is 0 Å². The Balaban J connectivity index is 1.80. The predicted molar refractivity (Wildman–Crippen MR) is 78.7 cm³/mol. The zero-order valence-electron chi connectivity index (χ0n) is 12.3. The average molecular weight is 287 g/mol. The molecule has 21 heavy (non-hydrogen) atoms. The summed E-state index contributed by atoms with van der Waals surface area (Å²) in [5, 5.41) is 9.15. The number of carbonyl (C=O) groups is 2. The molecule has 2 fully saturated rings. The molecule has 3 atom stereocenters. The molecule has 0 radical (unpaired) electrons. The van der Waals surface area contributed by atoms with E-state index in [0.29, 0.717) is 12.8 Å². The molecule has 112 valence electrons. The lowest BCUT2D eigenvalue weighted by Gasteiger charge is -2.37. The Morgan fingerprint density at radius 2 is 1.86 bits per heavy atom. The molecule has 0 spiro atoms. The number of carbonyl (C=O) groups excluding carboxylic acids is 1. The van der Waals surface area contributed by atoms with E-state index in [-0.39, 0.29) is 17.9 Å². The van der Waals surface area contributed by atoms with E-state index in [1.165, 1.54) is 11.1 Å². The molecule has 2 aliphatic rings. The van der Waals surface area contributed by atoms with Gasteiger partial charge < -0.3 is 10.0 Å². The maximum atomic E-state index is 12.7. The van der Waals surface area contributed by atoms with Crippen LogP contribution in [0.5, 0.6) is 0 Å². The van der Waals surface area contributed by atoms with Gasteiger partial charge in [-0.25, -0.2) is 0 Å². The molecule has 1 heterocycles. The van der Waals surface area contributed by atoms with Gasteiger partial charge in [0.25, 0.3) is 0 Å². The number of likely N-dealkylation sites (tertiary alicyclic amines) is 1. The third-order valence-corrected chi connectivity index (χ3v) is 4.99. The first-order valence-electron chi connectivity index (χ1n) is 7.68. The van der Waals surface area contributed by atoms with Crippen molar-refractivity contribution >= 4 is 11.9 Å². The highest BCUT2D eigenvalue weighted by molar-refractivity contribution is 5.86. The number of nitrogens with zero attached hydrogens (tertiary/aromatic N) is 1. The number of carboxylic acids is 1. The second-order valence-electron chi connectivity index (χ2n) is 6.17. The lowest BCUT2D eigenvalue weighted by Crippen LogP contribution is -2.45. The second kappa shape index (κ2) is 5.51. The summed E-state index contributed by atoms with van der Waals surface area (Å²) < 4.78 is 0. The third-order valence-electron chi connectivity index (χ3n) is 4.99. The first-order chi connectivity index (χ1) is 10.1. The van der Waals surface area contributed by atoms with Crippen LogP contribution in [0.25, 0.3) is 0 Å².